The molecule has 3 rings (SSSR count). The summed E-state index contributed by atoms with van der Waals surface area (Å²) >= 11 is 9.38. The van der Waals surface area contributed by atoms with Gasteiger partial charge in [0.2, 0.25) is 0 Å². The molecule has 2 heterocycles. The van der Waals surface area contributed by atoms with Crippen molar-refractivity contribution in [1.29, 1.82) is 0 Å². The number of anilines is 1. The summed E-state index contributed by atoms with van der Waals surface area (Å²) in [6.45, 7) is 0.192. The molecule has 0 aliphatic heterocycles. The van der Waals surface area contributed by atoms with E-state index >= 15 is 0 Å². The van der Waals surface area contributed by atoms with Gasteiger partial charge in [0, 0.05) is 21.3 Å². The lowest BCUT2D eigenvalue weighted by Gasteiger charge is -2.07. The number of rotatable bonds is 2. The molecule has 20 heavy (non-hydrogen) atoms. The zero-order valence-corrected chi connectivity index (χ0v) is 12.5. The Hall–Kier alpha value is -1.66. The second-order valence-electron chi connectivity index (χ2n) is 4.26. The molecule has 0 aliphatic carbocycles. The molecule has 3 aromatic rings. The Morgan fingerprint density at radius 3 is 2.95 bits per heavy atom. The van der Waals surface area contributed by atoms with Gasteiger partial charge < -0.3 is 5.73 Å². The smallest absolute Gasteiger partial charge is 0.172 e. The molecule has 2 N–H and O–H groups in total. The highest BCUT2D eigenvalue weighted by Crippen LogP contribution is 2.25. The quantitative estimate of drug-likeness (QED) is 0.764. The normalized spacial score (nSPS) is 11.2. The maximum absolute atomic E-state index is 13.8. The first kappa shape index (κ1) is 13.3. The molecular weight excluding hydrogens is 347 g/mol. The highest BCUT2D eigenvalue weighted by atomic mass is 79.9. The largest absolute Gasteiger partial charge is 0.380 e. The van der Waals surface area contributed by atoms with Gasteiger partial charge in [-0.05, 0) is 34.1 Å². The van der Waals surface area contributed by atoms with Crippen LogP contribution in [0.5, 0.6) is 0 Å². The first-order chi connectivity index (χ1) is 9.56. The van der Waals surface area contributed by atoms with Gasteiger partial charge in [0.25, 0.3) is 0 Å². The molecule has 0 bridgehead atoms. The number of aromatic nitrogens is 3. The Morgan fingerprint density at radius 2 is 2.20 bits per heavy atom. The average molecular weight is 356 g/mol. The molecule has 0 aliphatic rings. The predicted molar refractivity (Wildman–Crippen MR) is 80.2 cm³/mol. The van der Waals surface area contributed by atoms with Crippen LogP contribution in [0.3, 0.4) is 0 Å². The second kappa shape index (κ2) is 5.03. The van der Waals surface area contributed by atoms with E-state index in [-0.39, 0.29) is 12.4 Å². The fraction of sp³-hybridized carbons (Fsp3) is 0.0769. The maximum atomic E-state index is 13.8. The van der Waals surface area contributed by atoms with Crippen LogP contribution in [-0.2, 0) is 6.54 Å². The summed E-state index contributed by atoms with van der Waals surface area (Å²) < 4.78 is 16.2. The molecule has 0 fully saturated rings. The number of fused-ring (bicyclic) bond motifs is 1. The average Bonchev–Trinajstić information content (AvgIpc) is 2.70. The molecule has 2 aromatic heterocycles. The molecule has 0 spiro atoms. The van der Waals surface area contributed by atoms with Crippen LogP contribution in [0.2, 0.25) is 5.02 Å². The lowest BCUT2D eigenvalue weighted by atomic mass is 10.2. The van der Waals surface area contributed by atoms with Crippen molar-refractivity contribution in [2.75, 3.05) is 5.73 Å². The van der Waals surface area contributed by atoms with E-state index in [1.165, 1.54) is 6.07 Å². The lowest BCUT2D eigenvalue weighted by molar-refractivity contribution is 0.591. The summed E-state index contributed by atoms with van der Waals surface area (Å²) in [5.74, 6) is -0.0670. The van der Waals surface area contributed by atoms with Crippen LogP contribution in [0.4, 0.5) is 10.2 Å². The van der Waals surface area contributed by atoms with Crippen LogP contribution in [-0.4, -0.2) is 14.8 Å². The SMILES string of the molecule is Nc1nn(Cc2c(F)cccc2Cl)c2cc(Br)cnc12. The van der Waals surface area contributed by atoms with Crippen LogP contribution in [0.15, 0.2) is 34.9 Å². The van der Waals surface area contributed by atoms with Crippen LogP contribution in [0.1, 0.15) is 5.56 Å². The molecule has 0 saturated carbocycles. The number of pyridine rings is 1. The van der Waals surface area contributed by atoms with Crippen LogP contribution in [0, 0.1) is 5.82 Å². The molecule has 7 heteroatoms. The van der Waals surface area contributed by atoms with Crippen molar-refractivity contribution >= 4 is 44.4 Å². The van der Waals surface area contributed by atoms with E-state index in [0.29, 0.717) is 21.9 Å². The zero-order valence-electron chi connectivity index (χ0n) is 10.1. The fourth-order valence-corrected chi connectivity index (χ4v) is 2.55. The van der Waals surface area contributed by atoms with Crippen LogP contribution in [0.25, 0.3) is 11.0 Å². The zero-order chi connectivity index (χ0) is 14.3. The van der Waals surface area contributed by atoms with Gasteiger partial charge in [-0.15, -0.1) is 0 Å². The number of benzene rings is 1. The number of nitrogen functional groups attached to an aromatic ring is 1. The minimum absolute atomic E-state index is 0.192. The first-order valence-corrected chi connectivity index (χ1v) is 6.94. The van der Waals surface area contributed by atoms with Crippen molar-refractivity contribution in [2.24, 2.45) is 0 Å². The summed E-state index contributed by atoms with van der Waals surface area (Å²) in [4.78, 5) is 4.21. The molecule has 0 saturated heterocycles. The summed E-state index contributed by atoms with van der Waals surface area (Å²) in [6.07, 6.45) is 1.64. The molecule has 102 valence electrons. The summed E-state index contributed by atoms with van der Waals surface area (Å²) in [6, 6.07) is 6.41. The molecule has 0 amide bonds. The summed E-state index contributed by atoms with van der Waals surface area (Å²) in [7, 11) is 0. The van der Waals surface area contributed by atoms with Gasteiger partial charge in [-0.1, -0.05) is 17.7 Å². The van der Waals surface area contributed by atoms with Gasteiger partial charge in [-0.2, -0.15) is 5.10 Å². The third-order valence-electron chi connectivity index (χ3n) is 2.95. The van der Waals surface area contributed by atoms with Crippen molar-refractivity contribution in [3.05, 3.63) is 51.3 Å². The monoisotopic (exact) mass is 354 g/mol. The fourth-order valence-electron chi connectivity index (χ4n) is 2.01. The number of hydrogen-bond acceptors (Lipinski definition) is 3. The molecule has 0 radical (unpaired) electrons. The van der Waals surface area contributed by atoms with Crippen molar-refractivity contribution in [1.82, 2.24) is 14.8 Å². The second-order valence-corrected chi connectivity index (χ2v) is 5.59. The van der Waals surface area contributed by atoms with Gasteiger partial charge in [0.1, 0.15) is 11.3 Å². The van der Waals surface area contributed by atoms with E-state index in [0.717, 1.165) is 9.99 Å². The number of nitrogens with two attached hydrogens (primary N) is 1. The van der Waals surface area contributed by atoms with Gasteiger partial charge >= 0.3 is 0 Å². The number of hydrogen-bond donors (Lipinski definition) is 1. The molecule has 4 nitrogen and oxygen atoms in total. The van der Waals surface area contributed by atoms with Crippen molar-refractivity contribution in [2.45, 2.75) is 6.54 Å². The van der Waals surface area contributed by atoms with E-state index in [4.69, 9.17) is 17.3 Å². The van der Waals surface area contributed by atoms with Gasteiger partial charge in [-0.25, -0.2) is 9.37 Å². The lowest BCUT2D eigenvalue weighted by Crippen LogP contribution is -2.05. The minimum atomic E-state index is -0.373. The third-order valence-corrected chi connectivity index (χ3v) is 3.74. The highest BCUT2D eigenvalue weighted by molar-refractivity contribution is 9.10. The summed E-state index contributed by atoms with van der Waals surface area (Å²) in [5, 5.41) is 4.55. The maximum Gasteiger partial charge on any atom is 0.172 e. The third kappa shape index (κ3) is 2.25. The van der Waals surface area contributed by atoms with E-state index in [1.54, 1.807) is 23.0 Å². The van der Waals surface area contributed by atoms with Crippen LogP contribution < -0.4 is 5.73 Å². The predicted octanol–water partition coefficient (Wildman–Crippen LogP) is 3.62. The van der Waals surface area contributed by atoms with E-state index in [9.17, 15) is 4.39 Å². The Bertz CT molecular complexity index is 782. The Kier molecular flexibility index (Phi) is 3.35. The van der Waals surface area contributed by atoms with E-state index in [2.05, 4.69) is 26.0 Å². The van der Waals surface area contributed by atoms with Gasteiger partial charge in [0.05, 0.1) is 12.1 Å². The Morgan fingerprint density at radius 1 is 1.40 bits per heavy atom. The van der Waals surface area contributed by atoms with E-state index in [1.807, 2.05) is 6.07 Å². The van der Waals surface area contributed by atoms with Crippen molar-refractivity contribution < 1.29 is 4.39 Å². The van der Waals surface area contributed by atoms with Gasteiger partial charge in [-0.3, -0.25) is 4.68 Å². The van der Waals surface area contributed by atoms with Crippen molar-refractivity contribution in [3.8, 4) is 0 Å². The number of halogens is 3. The minimum Gasteiger partial charge on any atom is -0.380 e. The highest BCUT2D eigenvalue weighted by Gasteiger charge is 2.13. The molecule has 1 aromatic carbocycles. The first-order valence-electron chi connectivity index (χ1n) is 5.76. The van der Waals surface area contributed by atoms with Gasteiger partial charge in [0.15, 0.2) is 5.82 Å². The summed E-state index contributed by atoms with van der Waals surface area (Å²) in [5.41, 5.74) is 7.50. The van der Waals surface area contributed by atoms with Crippen molar-refractivity contribution in [3.63, 3.8) is 0 Å². The Labute approximate surface area is 127 Å². The number of nitrogens with zero attached hydrogens (tertiary/aromatic N) is 3. The van der Waals surface area contributed by atoms with Crippen LogP contribution >= 0.6 is 27.5 Å². The Balaban J connectivity index is 2.14. The standard InChI is InChI=1S/C13H9BrClFN4/c14-7-4-11-12(18-5-7)13(17)19-20(11)6-8-9(15)2-1-3-10(8)16/h1-5H,6H2,(H2,17,19). The molecule has 0 atom stereocenters. The topological polar surface area (TPSA) is 56.7 Å². The van der Waals surface area contributed by atoms with E-state index < -0.39 is 0 Å². The molecular formula is C13H9BrClFN4. The molecule has 0 unspecified atom stereocenters.